The van der Waals surface area contributed by atoms with Crippen molar-refractivity contribution in [3.05, 3.63) is 28.3 Å². The molecular weight excluding hydrogens is 222 g/mol. The Bertz CT molecular complexity index is 440. The lowest BCUT2D eigenvalue weighted by Crippen LogP contribution is -2.20. The molecular formula is C13H16ClNO. The van der Waals surface area contributed by atoms with Crippen LogP contribution in [0.15, 0.2) is 12.1 Å². The first-order chi connectivity index (χ1) is 7.64. The van der Waals surface area contributed by atoms with Gasteiger partial charge in [-0.15, -0.1) is 0 Å². The lowest BCUT2D eigenvalue weighted by molar-refractivity contribution is 0.251. The number of rotatable bonds is 2. The molecule has 1 atom stereocenters. The van der Waals surface area contributed by atoms with Crippen molar-refractivity contribution in [2.75, 3.05) is 6.54 Å². The van der Waals surface area contributed by atoms with Crippen molar-refractivity contribution in [2.24, 2.45) is 5.73 Å². The maximum atomic E-state index is 6.17. The van der Waals surface area contributed by atoms with E-state index in [4.69, 9.17) is 22.1 Å². The van der Waals surface area contributed by atoms with E-state index in [1.54, 1.807) is 0 Å². The van der Waals surface area contributed by atoms with Gasteiger partial charge >= 0.3 is 0 Å². The first kappa shape index (κ1) is 10.4. The summed E-state index contributed by atoms with van der Waals surface area (Å²) in [5, 5.41) is 0.811. The smallest absolute Gasteiger partial charge is 0.126 e. The van der Waals surface area contributed by atoms with Crippen LogP contribution in [0.5, 0.6) is 5.75 Å². The molecule has 86 valence electrons. The lowest BCUT2D eigenvalue weighted by Gasteiger charge is -2.17. The van der Waals surface area contributed by atoms with Gasteiger partial charge in [-0.3, -0.25) is 0 Å². The Labute approximate surface area is 101 Å². The van der Waals surface area contributed by atoms with Crippen LogP contribution in [-0.2, 0) is 11.8 Å². The van der Waals surface area contributed by atoms with Gasteiger partial charge in [0.05, 0.1) is 0 Å². The molecule has 1 heterocycles. The van der Waals surface area contributed by atoms with Crippen LogP contribution in [0.3, 0.4) is 0 Å². The van der Waals surface area contributed by atoms with Crippen LogP contribution >= 0.6 is 11.6 Å². The minimum Gasteiger partial charge on any atom is -0.490 e. The molecule has 2 nitrogen and oxygen atoms in total. The average molecular weight is 238 g/mol. The highest BCUT2D eigenvalue weighted by atomic mass is 35.5. The minimum absolute atomic E-state index is 0.152. The maximum absolute atomic E-state index is 6.17. The topological polar surface area (TPSA) is 35.2 Å². The second kappa shape index (κ2) is 3.38. The van der Waals surface area contributed by atoms with Gasteiger partial charge in [-0.25, -0.2) is 0 Å². The quantitative estimate of drug-likeness (QED) is 0.858. The van der Waals surface area contributed by atoms with Crippen LogP contribution in [0.25, 0.3) is 0 Å². The van der Waals surface area contributed by atoms with Crippen LogP contribution in [0.4, 0.5) is 0 Å². The number of nitrogens with two attached hydrogens (primary N) is 1. The van der Waals surface area contributed by atoms with Crippen LogP contribution in [0.1, 0.15) is 30.9 Å². The number of halogens is 1. The summed E-state index contributed by atoms with van der Waals surface area (Å²) in [5.41, 5.74) is 8.52. The fraction of sp³-hybridized carbons (Fsp3) is 0.538. The highest BCUT2D eigenvalue weighted by molar-refractivity contribution is 6.30. The third kappa shape index (κ3) is 1.44. The zero-order chi connectivity index (χ0) is 11.3. The summed E-state index contributed by atoms with van der Waals surface area (Å²) in [6.07, 6.45) is 3.55. The summed E-state index contributed by atoms with van der Waals surface area (Å²) in [7, 11) is 0. The summed E-state index contributed by atoms with van der Waals surface area (Å²) in [6, 6.07) is 4.06. The van der Waals surface area contributed by atoms with Gasteiger partial charge in [0, 0.05) is 29.0 Å². The number of hydrogen-bond donors (Lipinski definition) is 1. The summed E-state index contributed by atoms with van der Waals surface area (Å²) < 4.78 is 5.91. The van der Waals surface area contributed by atoms with E-state index in [1.807, 2.05) is 12.1 Å². The van der Waals surface area contributed by atoms with Gasteiger partial charge in [0.2, 0.25) is 0 Å². The fourth-order valence-corrected chi connectivity index (χ4v) is 2.86. The van der Waals surface area contributed by atoms with Gasteiger partial charge < -0.3 is 10.5 Å². The molecule has 0 aromatic heterocycles. The molecule has 1 fully saturated rings. The highest BCUT2D eigenvalue weighted by Crippen LogP contribution is 2.53. The molecule has 1 unspecified atom stereocenters. The standard InChI is InChI=1S/C13H16ClNO/c1-8-4-9-5-10(14)6-11(12(9)16-8)13(7-15)2-3-13/h5-6,8H,2-4,7,15H2,1H3. The fourth-order valence-electron chi connectivity index (χ4n) is 2.62. The molecule has 16 heavy (non-hydrogen) atoms. The van der Waals surface area contributed by atoms with Crippen molar-refractivity contribution in [3.63, 3.8) is 0 Å². The van der Waals surface area contributed by atoms with E-state index in [0.29, 0.717) is 6.54 Å². The second-order valence-electron chi connectivity index (χ2n) is 5.06. The van der Waals surface area contributed by atoms with Crippen molar-refractivity contribution >= 4 is 11.6 Å². The summed E-state index contributed by atoms with van der Waals surface area (Å²) >= 11 is 6.17. The monoisotopic (exact) mass is 237 g/mol. The van der Waals surface area contributed by atoms with Gasteiger partial charge in [0.15, 0.2) is 0 Å². The SMILES string of the molecule is CC1Cc2cc(Cl)cc(C3(CN)CC3)c2O1. The van der Waals surface area contributed by atoms with Crippen LogP contribution in [-0.4, -0.2) is 12.6 Å². The van der Waals surface area contributed by atoms with Crippen molar-refractivity contribution in [2.45, 2.75) is 37.7 Å². The Morgan fingerprint density at radius 1 is 1.50 bits per heavy atom. The Hall–Kier alpha value is -0.730. The average Bonchev–Trinajstić information content (AvgIpc) is 2.95. The molecule has 0 bridgehead atoms. The van der Waals surface area contributed by atoms with Crippen LogP contribution in [0, 0.1) is 0 Å². The molecule has 0 saturated heterocycles. The number of benzene rings is 1. The Morgan fingerprint density at radius 2 is 2.25 bits per heavy atom. The molecule has 1 aromatic rings. The largest absolute Gasteiger partial charge is 0.490 e. The van der Waals surface area contributed by atoms with Gasteiger partial charge in [0.1, 0.15) is 11.9 Å². The summed E-state index contributed by atoms with van der Waals surface area (Å²) in [5.74, 6) is 1.06. The molecule has 1 aliphatic heterocycles. The van der Waals surface area contributed by atoms with E-state index in [1.165, 1.54) is 11.1 Å². The molecule has 0 spiro atoms. The zero-order valence-electron chi connectivity index (χ0n) is 9.42. The number of ether oxygens (including phenoxy) is 1. The molecule has 2 aliphatic rings. The van der Waals surface area contributed by atoms with Crippen LogP contribution < -0.4 is 10.5 Å². The van der Waals surface area contributed by atoms with Gasteiger partial charge in [-0.05, 0) is 37.5 Å². The van der Waals surface area contributed by atoms with Crippen molar-refractivity contribution < 1.29 is 4.74 Å². The van der Waals surface area contributed by atoms with Gasteiger partial charge in [-0.1, -0.05) is 11.6 Å². The van der Waals surface area contributed by atoms with E-state index in [2.05, 4.69) is 6.92 Å². The number of fused-ring (bicyclic) bond motifs is 1. The highest BCUT2D eigenvalue weighted by Gasteiger charge is 2.46. The Kier molecular flexibility index (Phi) is 2.20. The lowest BCUT2D eigenvalue weighted by atomic mass is 9.93. The van der Waals surface area contributed by atoms with Crippen LogP contribution in [0.2, 0.25) is 5.02 Å². The maximum Gasteiger partial charge on any atom is 0.126 e. The third-order valence-electron chi connectivity index (χ3n) is 3.77. The summed E-state index contributed by atoms with van der Waals surface area (Å²) in [4.78, 5) is 0. The normalized spacial score (nSPS) is 25.1. The molecule has 0 amide bonds. The van der Waals surface area contributed by atoms with Gasteiger partial charge in [-0.2, -0.15) is 0 Å². The zero-order valence-corrected chi connectivity index (χ0v) is 10.2. The van der Waals surface area contributed by atoms with E-state index < -0.39 is 0 Å². The summed E-state index contributed by atoms with van der Waals surface area (Å²) in [6.45, 7) is 2.79. The Balaban J connectivity index is 2.12. The van der Waals surface area contributed by atoms with E-state index in [-0.39, 0.29) is 11.5 Å². The Morgan fingerprint density at radius 3 is 2.88 bits per heavy atom. The molecule has 3 heteroatoms. The molecule has 0 radical (unpaired) electrons. The minimum atomic E-state index is 0.152. The number of hydrogen-bond acceptors (Lipinski definition) is 2. The predicted molar refractivity (Wildman–Crippen MR) is 65.2 cm³/mol. The second-order valence-corrected chi connectivity index (χ2v) is 5.50. The molecule has 1 saturated carbocycles. The van der Waals surface area contributed by atoms with E-state index >= 15 is 0 Å². The van der Waals surface area contributed by atoms with E-state index in [9.17, 15) is 0 Å². The molecule has 1 aliphatic carbocycles. The van der Waals surface area contributed by atoms with Crippen molar-refractivity contribution in [1.29, 1.82) is 0 Å². The molecule has 1 aromatic carbocycles. The van der Waals surface area contributed by atoms with Gasteiger partial charge in [0.25, 0.3) is 0 Å². The molecule has 3 rings (SSSR count). The van der Waals surface area contributed by atoms with Crippen molar-refractivity contribution in [3.8, 4) is 5.75 Å². The molecule has 2 N–H and O–H groups in total. The van der Waals surface area contributed by atoms with E-state index in [0.717, 1.165) is 30.0 Å². The van der Waals surface area contributed by atoms with Crippen molar-refractivity contribution in [1.82, 2.24) is 0 Å². The third-order valence-corrected chi connectivity index (χ3v) is 3.99. The first-order valence-electron chi connectivity index (χ1n) is 5.84. The first-order valence-corrected chi connectivity index (χ1v) is 6.22. The predicted octanol–water partition coefficient (Wildman–Crippen LogP) is 2.65.